The summed E-state index contributed by atoms with van der Waals surface area (Å²) in [4.78, 5) is 25.9. The van der Waals surface area contributed by atoms with Crippen LogP contribution in [0.2, 0.25) is 0 Å². The molecule has 3 aliphatic rings. The molecule has 2 aliphatic carbocycles. The number of amides is 1. The molecule has 9 heteroatoms. The van der Waals surface area contributed by atoms with Gasteiger partial charge in [-0.1, -0.05) is 6.42 Å². The van der Waals surface area contributed by atoms with Gasteiger partial charge in [-0.3, -0.25) is 4.79 Å². The average Bonchev–Trinajstić information content (AvgIpc) is 3.51. The first-order valence-corrected chi connectivity index (χ1v) is 12.4. The zero-order chi connectivity index (χ0) is 23.7. The molecule has 34 heavy (non-hydrogen) atoms. The number of hydrogen-bond acceptors (Lipinski definition) is 7. The molecule has 1 aliphatic heterocycles. The number of carbonyl (C=O) groups excluding carboxylic acids is 1. The molecule has 0 bridgehead atoms. The van der Waals surface area contributed by atoms with E-state index in [-0.39, 0.29) is 23.7 Å². The molecule has 3 N–H and O–H groups in total. The predicted octanol–water partition coefficient (Wildman–Crippen LogP) is 3.28. The van der Waals surface area contributed by atoms with E-state index in [1.807, 2.05) is 6.07 Å². The van der Waals surface area contributed by atoms with Gasteiger partial charge in [0.05, 0.1) is 12.1 Å². The van der Waals surface area contributed by atoms with Crippen molar-refractivity contribution in [3.8, 4) is 0 Å². The van der Waals surface area contributed by atoms with Crippen molar-refractivity contribution in [2.75, 3.05) is 48.8 Å². The molecule has 1 aromatic carbocycles. The van der Waals surface area contributed by atoms with Crippen molar-refractivity contribution < 1.29 is 9.18 Å². The minimum atomic E-state index is -0.514. The SMILES string of the molecule is Cc1cc(Nc2ncc(F)c(N[C@@H]3CCC[C@@H]3C(=O)NC3CC3)n2)ccc1N1CCN(C)CC1. The molecule has 8 nitrogen and oxygen atoms in total. The third-order valence-electron chi connectivity index (χ3n) is 7.14. The monoisotopic (exact) mass is 467 g/mol. The number of carbonyl (C=O) groups is 1. The van der Waals surface area contributed by atoms with Gasteiger partial charge in [0.25, 0.3) is 0 Å². The van der Waals surface area contributed by atoms with Crippen LogP contribution in [-0.2, 0) is 4.79 Å². The minimum Gasteiger partial charge on any atom is -0.369 e. The van der Waals surface area contributed by atoms with Gasteiger partial charge in [-0.2, -0.15) is 4.98 Å². The van der Waals surface area contributed by atoms with E-state index in [0.717, 1.165) is 64.0 Å². The van der Waals surface area contributed by atoms with E-state index >= 15 is 0 Å². The molecule has 0 unspecified atom stereocenters. The summed E-state index contributed by atoms with van der Waals surface area (Å²) in [5.41, 5.74) is 3.26. The van der Waals surface area contributed by atoms with Crippen molar-refractivity contribution in [2.24, 2.45) is 5.92 Å². The molecule has 1 saturated heterocycles. The first-order chi connectivity index (χ1) is 16.5. The summed E-state index contributed by atoms with van der Waals surface area (Å²) < 4.78 is 14.5. The second kappa shape index (κ2) is 9.74. The van der Waals surface area contributed by atoms with Gasteiger partial charge in [0.1, 0.15) is 0 Å². The number of nitrogens with zero attached hydrogens (tertiary/aromatic N) is 4. The van der Waals surface area contributed by atoms with Gasteiger partial charge >= 0.3 is 0 Å². The Balaban J connectivity index is 1.25. The van der Waals surface area contributed by atoms with E-state index in [9.17, 15) is 9.18 Å². The number of rotatable bonds is 7. The van der Waals surface area contributed by atoms with E-state index in [4.69, 9.17) is 0 Å². The Morgan fingerprint density at radius 1 is 1.12 bits per heavy atom. The van der Waals surface area contributed by atoms with Gasteiger partial charge in [0.2, 0.25) is 11.9 Å². The van der Waals surface area contributed by atoms with Crippen LogP contribution in [0.15, 0.2) is 24.4 Å². The minimum absolute atomic E-state index is 0.0706. The number of piperazine rings is 1. The molecule has 2 atom stereocenters. The number of hydrogen-bond donors (Lipinski definition) is 3. The maximum absolute atomic E-state index is 14.5. The molecule has 2 aromatic rings. The summed E-state index contributed by atoms with van der Waals surface area (Å²) in [7, 11) is 2.15. The number of halogens is 1. The van der Waals surface area contributed by atoms with Crippen LogP contribution in [0.4, 0.5) is 27.5 Å². The molecule has 5 rings (SSSR count). The lowest BCUT2D eigenvalue weighted by Gasteiger charge is -2.35. The fourth-order valence-electron chi connectivity index (χ4n) is 4.95. The Kier molecular flexibility index (Phi) is 6.54. The molecule has 182 valence electrons. The zero-order valence-corrected chi connectivity index (χ0v) is 20.0. The molecule has 2 saturated carbocycles. The van der Waals surface area contributed by atoms with E-state index < -0.39 is 5.82 Å². The van der Waals surface area contributed by atoms with E-state index in [1.165, 1.54) is 17.4 Å². The summed E-state index contributed by atoms with van der Waals surface area (Å²) in [6.45, 7) is 6.25. The number of likely N-dealkylation sites (N-methyl/N-ethyl adjacent to an activating group) is 1. The van der Waals surface area contributed by atoms with Crippen LogP contribution in [0.1, 0.15) is 37.7 Å². The number of anilines is 4. The third kappa shape index (κ3) is 5.24. The highest BCUT2D eigenvalue weighted by molar-refractivity contribution is 5.80. The Labute approximate surface area is 200 Å². The lowest BCUT2D eigenvalue weighted by molar-refractivity contribution is -0.125. The van der Waals surface area contributed by atoms with Crippen LogP contribution in [0.25, 0.3) is 0 Å². The van der Waals surface area contributed by atoms with Crippen LogP contribution < -0.4 is 20.9 Å². The standard InChI is InChI=1S/C25H34FN7O/c1-16-14-18(8-9-22(16)33-12-10-32(2)11-13-33)29-25-27-15-20(26)23(31-25)30-21-5-3-4-19(21)24(34)28-17-6-7-17/h8-9,14-15,17,19,21H,3-7,10-13H2,1-2H3,(H,28,34)(H2,27,29,30,31)/t19-,21+/m0/s1. The summed E-state index contributed by atoms with van der Waals surface area (Å²) in [5.74, 6) is -0.134. The maximum Gasteiger partial charge on any atom is 0.229 e. The highest BCUT2D eigenvalue weighted by atomic mass is 19.1. The van der Waals surface area contributed by atoms with Crippen LogP contribution in [0.3, 0.4) is 0 Å². The van der Waals surface area contributed by atoms with Crippen LogP contribution in [-0.4, -0.2) is 66.1 Å². The van der Waals surface area contributed by atoms with Crippen LogP contribution in [0, 0.1) is 18.7 Å². The van der Waals surface area contributed by atoms with Crippen molar-refractivity contribution >= 4 is 29.0 Å². The Morgan fingerprint density at radius 2 is 1.91 bits per heavy atom. The molecule has 1 amide bonds. The fourth-order valence-corrected chi connectivity index (χ4v) is 4.95. The second-order valence-corrected chi connectivity index (χ2v) is 9.88. The van der Waals surface area contributed by atoms with Crippen molar-refractivity contribution in [2.45, 2.75) is 51.1 Å². The second-order valence-electron chi connectivity index (χ2n) is 9.88. The van der Waals surface area contributed by atoms with E-state index in [0.29, 0.717) is 12.0 Å². The molecule has 3 fully saturated rings. The number of aromatic nitrogens is 2. The molecular weight excluding hydrogens is 433 g/mol. The largest absolute Gasteiger partial charge is 0.369 e. The van der Waals surface area contributed by atoms with E-state index in [2.05, 4.69) is 61.8 Å². The van der Waals surface area contributed by atoms with Crippen molar-refractivity contribution in [3.63, 3.8) is 0 Å². The predicted molar refractivity (Wildman–Crippen MR) is 132 cm³/mol. The number of aryl methyl sites for hydroxylation is 1. The van der Waals surface area contributed by atoms with Gasteiger partial charge in [-0.25, -0.2) is 9.37 Å². The summed E-state index contributed by atoms with van der Waals surface area (Å²) >= 11 is 0. The zero-order valence-electron chi connectivity index (χ0n) is 20.0. The molecular formula is C25H34FN7O. The van der Waals surface area contributed by atoms with Crippen molar-refractivity contribution in [1.82, 2.24) is 20.2 Å². The van der Waals surface area contributed by atoms with Crippen LogP contribution in [0.5, 0.6) is 0 Å². The van der Waals surface area contributed by atoms with Gasteiger partial charge in [-0.15, -0.1) is 0 Å². The number of nitrogens with one attached hydrogen (secondary N) is 3. The van der Waals surface area contributed by atoms with Gasteiger partial charge in [0.15, 0.2) is 11.6 Å². The average molecular weight is 468 g/mol. The van der Waals surface area contributed by atoms with Crippen molar-refractivity contribution in [3.05, 3.63) is 35.8 Å². The Hall–Kier alpha value is -2.94. The Morgan fingerprint density at radius 3 is 2.65 bits per heavy atom. The van der Waals surface area contributed by atoms with Crippen molar-refractivity contribution in [1.29, 1.82) is 0 Å². The summed E-state index contributed by atoms with van der Waals surface area (Å²) in [6.07, 6.45) is 5.87. The summed E-state index contributed by atoms with van der Waals surface area (Å²) in [5, 5.41) is 9.48. The quantitative estimate of drug-likeness (QED) is 0.576. The van der Waals surface area contributed by atoms with Gasteiger partial charge in [0, 0.05) is 49.6 Å². The molecule has 0 spiro atoms. The normalized spacial score (nSPS) is 23.1. The highest BCUT2D eigenvalue weighted by Gasteiger charge is 2.36. The molecule has 2 heterocycles. The maximum atomic E-state index is 14.5. The third-order valence-corrected chi connectivity index (χ3v) is 7.14. The smallest absolute Gasteiger partial charge is 0.229 e. The first-order valence-electron chi connectivity index (χ1n) is 12.4. The van der Waals surface area contributed by atoms with Gasteiger partial charge in [-0.05, 0) is 63.4 Å². The lowest BCUT2D eigenvalue weighted by atomic mass is 10.0. The highest BCUT2D eigenvalue weighted by Crippen LogP contribution is 2.31. The summed E-state index contributed by atoms with van der Waals surface area (Å²) in [6, 6.07) is 6.40. The van der Waals surface area contributed by atoms with Gasteiger partial charge < -0.3 is 25.8 Å². The lowest BCUT2D eigenvalue weighted by Crippen LogP contribution is -2.44. The topological polar surface area (TPSA) is 85.4 Å². The van der Waals surface area contributed by atoms with E-state index in [1.54, 1.807) is 0 Å². The Bertz CT molecular complexity index is 1040. The first kappa shape index (κ1) is 22.8. The number of benzene rings is 1. The fraction of sp³-hybridized carbons (Fsp3) is 0.560. The molecule has 1 aromatic heterocycles. The van der Waals surface area contributed by atoms with Crippen LogP contribution >= 0.6 is 0 Å². The molecule has 0 radical (unpaired) electrons.